The number of hydrogen-bond donors (Lipinski definition) is 2. The second-order valence-corrected chi connectivity index (χ2v) is 8.45. The summed E-state index contributed by atoms with van der Waals surface area (Å²) in [6.45, 7) is 19.5. The van der Waals surface area contributed by atoms with Gasteiger partial charge in [0, 0.05) is 38.3 Å². The van der Waals surface area contributed by atoms with E-state index in [0.717, 1.165) is 35.8 Å². The second kappa shape index (κ2) is 7.16. The molecule has 4 aliphatic heterocycles. The molecule has 0 spiro atoms. The third-order valence-electron chi connectivity index (χ3n) is 6.30. The highest BCUT2D eigenvalue weighted by molar-refractivity contribution is 4.92. The minimum Gasteiger partial charge on any atom is -0.316 e. The van der Waals surface area contributed by atoms with E-state index in [0.29, 0.717) is 0 Å². The highest BCUT2D eigenvalue weighted by Gasteiger charge is 2.37. The Morgan fingerprint density at radius 1 is 0.591 bits per heavy atom. The van der Waals surface area contributed by atoms with Gasteiger partial charge in [-0.1, -0.05) is 0 Å². The molecule has 0 bridgehead atoms. The Balaban J connectivity index is 0.000000131. The van der Waals surface area contributed by atoms with E-state index >= 15 is 0 Å². The van der Waals surface area contributed by atoms with Crippen molar-refractivity contribution in [1.82, 2.24) is 20.4 Å². The highest BCUT2D eigenvalue weighted by Crippen LogP contribution is 2.28. The van der Waals surface area contributed by atoms with E-state index in [9.17, 15) is 0 Å². The molecule has 2 N–H and O–H groups in total. The maximum absolute atomic E-state index is 3.46. The Labute approximate surface area is 137 Å². The average Bonchev–Trinajstić information content (AvgIpc) is 3.18. The van der Waals surface area contributed by atoms with Crippen molar-refractivity contribution in [2.24, 2.45) is 23.7 Å². The van der Waals surface area contributed by atoms with E-state index in [2.05, 4.69) is 48.1 Å². The minimum absolute atomic E-state index is 0.751. The quantitative estimate of drug-likeness (QED) is 0.799. The van der Waals surface area contributed by atoms with Crippen molar-refractivity contribution < 1.29 is 0 Å². The van der Waals surface area contributed by atoms with Crippen molar-refractivity contribution in [2.45, 2.75) is 39.8 Å². The summed E-state index contributed by atoms with van der Waals surface area (Å²) < 4.78 is 0. The van der Waals surface area contributed by atoms with Crippen LogP contribution < -0.4 is 10.6 Å². The van der Waals surface area contributed by atoms with Crippen LogP contribution in [0.1, 0.15) is 27.7 Å². The summed E-state index contributed by atoms with van der Waals surface area (Å²) >= 11 is 0. The van der Waals surface area contributed by atoms with Gasteiger partial charge in [-0.2, -0.15) is 0 Å². The molecule has 4 atom stereocenters. The van der Waals surface area contributed by atoms with E-state index < -0.39 is 0 Å². The van der Waals surface area contributed by atoms with E-state index in [1.54, 1.807) is 0 Å². The fourth-order valence-corrected chi connectivity index (χ4v) is 4.63. The monoisotopic (exact) mass is 308 g/mol. The Morgan fingerprint density at radius 2 is 0.864 bits per heavy atom. The first-order valence-electron chi connectivity index (χ1n) is 9.44. The molecule has 4 aliphatic rings. The van der Waals surface area contributed by atoms with Gasteiger partial charge < -0.3 is 20.4 Å². The average molecular weight is 309 g/mol. The van der Waals surface area contributed by atoms with Gasteiger partial charge in [-0.15, -0.1) is 0 Å². The zero-order chi connectivity index (χ0) is 15.7. The van der Waals surface area contributed by atoms with Gasteiger partial charge in [-0.25, -0.2) is 0 Å². The fraction of sp³-hybridized carbons (Fsp3) is 1.00. The zero-order valence-corrected chi connectivity index (χ0v) is 15.0. The predicted octanol–water partition coefficient (Wildman–Crippen LogP) is 1.09. The van der Waals surface area contributed by atoms with E-state index in [1.165, 1.54) is 52.4 Å². The first-order chi connectivity index (χ1) is 10.5. The molecule has 0 saturated carbocycles. The third kappa shape index (κ3) is 3.66. The normalized spacial score (nSPS) is 38.5. The van der Waals surface area contributed by atoms with Crippen LogP contribution in [0.3, 0.4) is 0 Å². The van der Waals surface area contributed by atoms with Crippen LogP contribution in [0.4, 0.5) is 0 Å². The Kier molecular flexibility index (Phi) is 5.43. The van der Waals surface area contributed by atoms with Crippen molar-refractivity contribution in [2.75, 3.05) is 52.4 Å². The van der Waals surface area contributed by atoms with Crippen LogP contribution >= 0.6 is 0 Å². The van der Waals surface area contributed by atoms with Crippen LogP contribution in [0.15, 0.2) is 0 Å². The summed E-state index contributed by atoms with van der Waals surface area (Å²) in [4.78, 5) is 5.21. The fourth-order valence-electron chi connectivity index (χ4n) is 4.63. The maximum atomic E-state index is 3.46. The van der Waals surface area contributed by atoms with Crippen molar-refractivity contribution in [3.05, 3.63) is 0 Å². The van der Waals surface area contributed by atoms with Crippen LogP contribution in [0.2, 0.25) is 0 Å². The van der Waals surface area contributed by atoms with E-state index in [-0.39, 0.29) is 0 Å². The lowest BCUT2D eigenvalue weighted by molar-refractivity contribution is 0.256. The van der Waals surface area contributed by atoms with Crippen LogP contribution in [-0.2, 0) is 0 Å². The van der Waals surface area contributed by atoms with Gasteiger partial charge in [0.05, 0.1) is 0 Å². The van der Waals surface area contributed by atoms with Gasteiger partial charge in [-0.3, -0.25) is 0 Å². The Morgan fingerprint density at radius 3 is 1.09 bits per heavy atom. The van der Waals surface area contributed by atoms with Gasteiger partial charge in [0.1, 0.15) is 0 Å². The number of rotatable bonds is 2. The molecule has 22 heavy (non-hydrogen) atoms. The molecule has 4 rings (SSSR count). The number of nitrogens with zero attached hydrogens (tertiary/aromatic N) is 2. The van der Waals surface area contributed by atoms with Crippen molar-refractivity contribution in [3.8, 4) is 0 Å². The summed E-state index contributed by atoms with van der Waals surface area (Å²) in [7, 11) is 0. The molecule has 0 amide bonds. The molecular weight excluding hydrogens is 272 g/mol. The molecule has 0 radical (unpaired) electrons. The summed E-state index contributed by atoms with van der Waals surface area (Å²) in [5.74, 6) is 3.82. The van der Waals surface area contributed by atoms with Gasteiger partial charge >= 0.3 is 0 Å². The first kappa shape index (κ1) is 16.7. The van der Waals surface area contributed by atoms with Gasteiger partial charge in [-0.05, 0) is 77.5 Å². The topological polar surface area (TPSA) is 30.5 Å². The van der Waals surface area contributed by atoms with Crippen LogP contribution in [0.25, 0.3) is 0 Å². The van der Waals surface area contributed by atoms with Crippen LogP contribution in [0, 0.1) is 23.7 Å². The largest absolute Gasteiger partial charge is 0.316 e. The van der Waals surface area contributed by atoms with Crippen LogP contribution in [-0.4, -0.2) is 74.2 Å². The molecule has 128 valence electrons. The smallest absolute Gasteiger partial charge is 0.00388 e. The van der Waals surface area contributed by atoms with E-state index in [4.69, 9.17) is 0 Å². The van der Waals surface area contributed by atoms with E-state index in [1.807, 2.05) is 0 Å². The summed E-state index contributed by atoms with van der Waals surface area (Å²) in [5.41, 5.74) is 0. The van der Waals surface area contributed by atoms with Gasteiger partial charge in [0.2, 0.25) is 0 Å². The number of nitrogens with one attached hydrogen (secondary N) is 2. The molecule has 0 aliphatic carbocycles. The van der Waals surface area contributed by atoms with Gasteiger partial charge in [0.15, 0.2) is 0 Å². The standard InChI is InChI=1S/2C9H18N2/c2*1-7(2)11-5-8-3-10-4-9(8)6-11/h2*7-10H,3-6H2,1-2H3. The van der Waals surface area contributed by atoms with Crippen molar-refractivity contribution in [1.29, 1.82) is 0 Å². The molecule has 4 heterocycles. The molecule has 4 heteroatoms. The minimum atomic E-state index is 0.751. The van der Waals surface area contributed by atoms with Crippen molar-refractivity contribution in [3.63, 3.8) is 0 Å². The Bertz CT molecular complexity index is 299. The number of likely N-dealkylation sites (tertiary alicyclic amines) is 2. The first-order valence-corrected chi connectivity index (χ1v) is 9.44. The molecule has 4 unspecified atom stereocenters. The van der Waals surface area contributed by atoms with Crippen molar-refractivity contribution >= 4 is 0 Å². The molecule has 0 aromatic heterocycles. The predicted molar refractivity (Wildman–Crippen MR) is 93.1 cm³/mol. The summed E-state index contributed by atoms with van der Waals surface area (Å²) in [6.07, 6.45) is 0. The maximum Gasteiger partial charge on any atom is 0.00388 e. The molecule has 0 aromatic carbocycles. The SMILES string of the molecule is CC(C)N1CC2CNCC2C1.CC(C)N1CC2CNCC2C1. The van der Waals surface area contributed by atoms with Gasteiger partial charge in [0.25, 0.3) is 0 Å². The lowest BCUT2D eigenvalue weighted by Gasteiger charge is -2.20. The lowest BCUT2D eigenvalue weighted by Crippen LogP contribution is -2.31. The number of hydrogen-bond acceptors (Lipinski definition) is 4. The molecule has 4 fully saturated rings. The zero-order valence-electron chi connectivity index (χ0n) is 15.0. The Hall–Kier alpha value is -0.160. The highest BCUT2D eigenvalue weighted by atomic mass is 15.2. The lowest BCUT2D eigenvalue weighted by atomic mass is 10.0. The molecule has 4 nitrogen and oxygen atoms in total. The second-order valence-electron chi connectivity index (χ2n) is 8.45. The molecule has 0 aromatic rings. The molecular formula is C18H36N4. The summed E-state index contributed by atoms with van der Waals surface area (Å²) in [6, 6.07) is 1.50. The number of fused-ring (bicyclic) bond motifs is 2. The summed E-state index contributed by atoms with van der Waals surface area (Å²) in [5, 5.41) is 6.91. The third-order valence-corrected chi connectivity index (χ3v) is 6.30. The molecule has 4 saturated heterocycles. The van der Waals surface area contributed by atoms with Crippen LogP contribution in [0.5, 0.6) is 0 Å².